The van der Waals surface area contributed by atoms with E-state index in [1.807, 2.05) is 0 Å². The summed E-state index contributed by atoms with van der Waals surface area (Å²) in [5, 5.41) is 8.87. The molecule has 0 aliphatic rings. The Labute approximate surface area is 94.5 Å². The number of oxazole rings is 1. The summed E-state index contributed by atoms with van der Waals surface area (Å²) in [6.45, 7) is 1.45. The second kappa shape index (κ2) is 3.97. The first-order valence-corrected chi connectivity index (χ1v) is 4.64. The number of hydrogen-bond donors (Lipinski definition) is 1. The molecule has 0 fully saturated rings. The second-order valence-corrected chi connectivity index (χ2v) is 3.37. The van der Waals surface area contributed by atoms with Gasteiger partial charge in [-0.1, -0.05) is 0 Å². The smallest absolute Gasteiger partial charge is 0.358 e. The van der Waals surface area contributed by atoms with Crippen LogP contribution in [-0.4, -0.2) is 16.1 Å². The van der Waals surface area contributed by atoms with Gasteiger partial charge in [0.15, 0.2) is 17.3 Å². The second-order valence-electron chi connectivity index (χ2n) is 3.37. The average Bonchev–Trinajstić information content (AvgIpc) is 2.59. The number of hydrogen-bond acceptors (Lipinski definition) is 3. The van der Waals surface area contributed by atoms with E-state index in [2.05, 4.69) is 4.98 Å². The Bertz CT molecular complexity index is 572. The van der Waals surface area contributed by atoms with Crippen LogP contribution in [0, 0.1) is 18.6 Å². The van der Waals surface area contributed by atoms with Gasteiger partial charge in [0.25, 0.3) is 0 Å². The quantitative estimate of drug-likeness (QED) is 0.874. The largest absolute Gasteiger partial charge is 0.476 e. The van der Waals surface area contributed by atoms with Crippen molar-refractivity contribution in [2.45, 2.75) is 6.92 Å². The van der Waals surface area contributed by atoms with Crippen molar-refractivity contribution in [2.24, 2.45) is 0 Å². The molecule has 0 bridgehead atoms. The molecule has 0 amide bonds. The summed E-state index contributed by atoms with van der Waals surface area (Å²) in [6.07, 6.45) is 0. The maximum atomic E-state index is 13.0. The number of carbonyl (C=O) groups is 1. The number of aromatic carboxylic acids is 1. The van der Waals surface area contributed by atoms with E-state index >= 15 is 0 Å². The molecule has 2 rings (SSSR count). The van der Waals surface area contributed by atoms with Gasteiger partial charge in [0.2, 0.25) is 0 Å². The summed E-state index contributed by atoms with van der Waals surface area (Å²) in [6, 6.07) is 2.65. The van der Waals surface area contributed by atoms with Crippen molar-refractivity contribution in [2.75, 3.05) is 0 Å². The van der Waals surface area contributed by atoms with Gasteiger partial charge < -0.3 is 9.52 Å². The Morgan fingerprint density at radius 3 is 2.41 bits per heavy atom. The van der Waals surface area contributed by atoms with Crippen LogP contribution in [0.4, 0.5) is 8.78 Å². The minimum atomic E-state index is -1.32. The minimum Gasteiger partial charge on any atom is -0.476 e. The number of aryl methyl sites for hydroxylation is 1. The molecule has 6 heteroatoms. The van der Waals surface area contributed by atoms with Crippen molar-refractivity contribution < 1.29 is 23.1 Å². The standard InChI is InChI=1S/C11H7F2NO3/c1-5-14-9(11(15)16)10(17-5)6-2-7(12)4-8(13)3-6/h2-4H,1H3,(H,15,16). The molecule has 1 aromatic carbocycles. The Morgan fingerprint density at radius 2 is 1.88 bits per heavy atom. The zero-order chi connectivity index (χ0) is 12.6. The predicted octanol–water partition coefficient (Wildman–Crippen LogP) is 2.63. The lowest BCUT2D eigenvalue weighted by molar-refractivity contribution is 0.0691. The fourth-order valence-corrected chi connectivity index (χ4v) is 1.45. The molecule has 0 saturated heterocycles. The van der Waals surface area contributed by atoms with Crippen LogP contribution in [0.15, 0.2) is 22.6 Å². The molecule has 1 heterocycles. The Kier molecular flexibility index (Phi) is 2.63. The third-order valence-electron chi connectivity index (χ3n) is 2.06. The zero-order valence-corrected chi connectivity index (χ0v) is 8.70. The lowest BCUT2D eigenvalue weighted by atomic mass is 10.1. The summed E-state index contributed by atoms with van der Waals surface area (Å²) in [4.78, 5) is 14.5. The van der Waals surface area contributed by atoms with E-state index in [4.69, 9.17) is 9.52 Å². The third-order valence-corrected chi connectivity index (χ3v) is 2.06. The van der Waals surface area contributed by atoms with Crippen LogP contribution in [-0.2, 0) is 0 Å². The third kappa shape index (κ3) is 2.15. The van der Waals surface area contributed by atoms with Crippen molar-refractivity contribution >= 4 is 5.97 Å². The maximum absolute atomic E-state index is 13.0. The molecular weight excluding hydrogens is 232 g/mol. The zero-order valence-electron chi connectivity index (χ0n) is 8.70. The van der Waals surface area contributed by atoms with E-state index in [9.17, 15) is 13.6 Å². The van der Waals surface area contributed by atoms with Crippen molar-refractivity contribution in [3.63, 3.8) is 0 Å². The van der Waals surface area contributed by atoms with Gasteiger partial charge in [-0.15, -0.1) is 0 Å². The monoisotopic (exact) mass is 239 g/mol. The average molecular weight is 239 g/mol. The molecule has 0 aliphatic carbocycles. The molecule has 1 N–H and O–H groups in total. The number of halogens is 2. The number of aromatic nitrogens is 1. The van der Waals surface area contributed by atoms with Crippen LogP contribution < -0.4 is 0 Å². The van der Waals surface area contributed by atoms with Crippen molar-refractivity contribution in [3.05, 3.63) is 41.4 Å². The summed E-state index contributed by atoms with van der Waals surface area (Å²) in [7, 11) is 0. The van der Waals surface area contributed by atoms with Gasteiger partial charge in [0.05, 0.1) is 0 Å². The molecule has 0 aliphatic heterocycles. The lowest BCUT2D eigenvalue weighted by Crippen LogP contribution is -1.99. The molecule has 4 nitrogen and oxygen atoms in total. The first-order valence-electron chi connectivity index (χ1n) is 4.64. The lowest BCUT2D eigenvalue weighted by Gasteiger charge is -1.99. The number of benzene rings is 1. The fraction of sp³-hybridized carbons (Fsp3) is 0.0909. The van der Waals surface area contributed by atoms with Gasteiger partial charge >= 0.3 is 5.97 Å². The highest BCUT2D eigenvalue weighted by Gasteiger charge is 2.20. The number of carboxylic acids is 1. The molecule has 0 atom stereocenters. The van der Waals surface area contributed by atoms with E-state index in [-0.39, 0.29) is 22.9 Å². The molecular formula is C11H7F2NO3. The maximum Gasteiger partial charge on any atom is 0.358 e. The number of nitrogens with zero attached hydrogens (tertiary/aromatic N) is 1. The minimum absolute atomic E-state index is 0.000463. The summed E-state index contributed by atoms with van der Waals surface area (Å²) >= 11 is 0. The van der Waals surface area contributed by atoms with E-state index < -0.39 is 17.6 Å². The van der Waals surface area contributed by atoms with Gasteiger partial charge in [-0.05, 0) is 12.1 Å². The van der Waals surface area contributed by atoms with Gasteiger partial charge in [0, 0.05) is 18.6 Å². The van der Waals surface area contributed by atoms with Crippen molar-refractivity contribution in [1.29, 1.82) is 0 Å². The van der Waals surface area contributed by atoms with Crippen molar-refractivity contribution in [3.8, 4) is 11.3 Å². The SMILES string of the molecule is Cc1nc(C(=O)O)c(-c2cc(F)cc(F)c2)o1. The van der Waals surface area contributed by atoms with Crippen LogP contribution in [0.2, 0.25) is 0 Å². The molecule has 0 spiro atoms. The molecule has 0 saturated carbocycles. The van der Waals surface area contributed by atoms with Crippen LogP contribution in [0.1, 0.15) is 16.4 Å². The summed E-state index contributed by atoms with van der Waals surface area (Å²) < 4.78 is 31.1. The molecule has 2 aromatic rings. The summed E-state index contributed by atoms with van der Waals surface area (Å²) in [5.41, 5.74) is -0.368. The molecule has 1 aromatic heterocycles. The van der Waals surface area contributed by atoms with E-state index in [0.29, 0.717) is 6.07 Å². The Hall–Kier alpha value is -2.24. The topological polar surface area (TPSA) is 63.3 Å². The van der Waals surface area contributed by atoms with Gasteiger partial charge in [-0.25, -0.2) is 18.6 Å². The molecule has 0 radical (unpaired) electrons. The number of rotatable bonds is 2. The fourth-order valence-electron chi connectivity index (χ4n) is 1.45. The van der Waals surface area contributed by atoms with Crippen LogP contribution in [0.25, 0.3) is 11.3 Å². The van der Waals surface area contributed by atoms with Crippen molar-refractivity contribution in [1.82, 2.24) is 4.98 Å². The van der Waals surface area contributed by atoms with Crippen LogP contribution >= 0.6 is 0 Å². The van der Waals surface area contributed by atoms with E-state index in [0.717, 1.165) is 12.1 Å². The summed E-state index contributed by atoms with van der Waals surface area (Å²) in [5.74, 6) is -2.99. The molecule has 17 heavy (non-hydrogen) atoms. The molecule has 88 valence electrons. The number of carboxylic acid groups (broad SMARTS) is 1. The first-order chi connectivity index (χ1) is 7.97. The van der Waals surface area contributed by atoms with Crippen LogP contribution in [0.5, 0.6) is 0 Å². The molecule has 0 unspecified atom stereocenters. The Morgan fingerprint density at radius 1 is 1.29 bits per heavy atom. The predicted molar refractivity (Wildman–Crippen MR) is 53.6 cm³/mol. The van der Waals surface area contributed by atoms with Gasteiger partial charge in [0.1, 0.15) is 11.6 Å². The highest BCUT2D eigenvalue weighted by molar-refractivity contribution is 5.92. The van der Waals surface area contributed by atoms with Crippen LogP contribution in [0.3, 0.4) is 0 Å². The van der Waals surface area contributed by atoms with Gasteiger partial charge in [-0.3, -0.25) is 0 Å². The highest BCUT2D eigenvalue weighted by Crippen LogP contribution is 2.26. The van der Waals surface area contributed by atoms with E-state index in [1.165, 1.54) is 6.92 Å². The Balaban J connectivity index is 2.63. The normalized spacial score (nSPS) is 10.5. The first kappa shape index (κ1) is 11.3. The van der Waals surface area contributed by atoms with Gasteiger partial charge in [-0.2, -0.15) is 0 Å². The highest BCUT2D eigenvalue weighted by atomic mass is 19.1. The van der Waals surface area contributed by atoms with E-state index in [1.54, 1.807) is 0 Å².